The number of benzene rings is 1. The number of carbonyl (C=O) groups is 1. The lowest BCUT2D eigenvalue weighted by Crippen LogP contribution is -2.48. The maximum atomic E-state index is 12.6. The molecule has 1 saturated heterocycles. The van der Waals surface area contributed by atoms with E-state index in [0.717, 1.165) is 42.2 Å². The summed E-state index contributed by atoms with van der Waals surface area (Å²) >= 11 is 1.48. The summed E-state index contributed by atoms with van der Waals surface area (Å²) in [6.07, 6.45) is 0.0663. The van der Waals surface area contributed by atoms with Gasteiger partial charge in [-0.25, -0.2) is 0 Å². The van der Waals surface area contributed by atoms with Crippen molar-refractivity contribution in [2.45, 2.75) is 20.0 Å². The van der Waals surface area contributed by atoms with E-state index in [-0.39, 0.29) is 12.0 Å². The Balaban J connectivity index is 1.58. The van der Waals surface area contributed by atoms with Gasteiger partial charge >= 0.3 is 0 Å². The SMILES string of the molecule is CC(C)CN1CCO[C@@H](CNC(=O)c2sccc2-c2ccccc2)C1. The maximum Gasteiger partial charge on any atom is 0.262 e. The van der Waals surface area contributed by atoms with E-state index in [1.807, 2.05) is 41.8 Å². The van der Waals surface area contributed by atoms with Crippen LogP contribution in [0.3, 0.4) is 0 Å². The maximum absolute atomic E-state index is 12.6. The average Bonchev–Trinajstić information content (AvgIpc) is 3.10. The Morgan fingerprint density at radius 2 is 2.12 bits per heavy atom. The van der Waals surface area contributed by atoms with Gasteiger partial charge in [0, 0.05) is 31.7 Å². The van der Waals surface area contributed by atoms with E-state index < -0.39 is 0 Å². The van der Waals surface area contributed by atoms with Crippen LogP contribution in [-0.4, -0.2) is 49.7 Å². The molecule has 0 bridgehead atoms. The van der Waals surface area contributed by atoms with Crippen molar-refractivity contribution < 1.29 is 9.53 Å². The Hall–Kier alpha value is -1.69. The molecule has 0 radical (unpaired) electrons. The van der Waals surface area contributed by atoms with Gasteiger partial charge in [0.1, 0.15) is 0 Å². The smallest absolute Gasteiger partial charge is 0.262 e. The highest BCUT2D eigenvalue weighted by molar-refractivity contribution is 7.12. The molecule has 3 rings (SSSR count). The Labute approximate surface area is 153 Å². The van der Waals surface area contributed by atoms with Crippen LogP contribution in [0.1, 0.15) is 23.5 Å². The first-order valence-corrected chi connectivity index (χ1v) is 9.76. The molecule has 1 amide bonds. The van der Waals surface area contributed by atoms with E-state index in [9.17, 15) is 4.79 Å². The van der Waals surface area contributed by atoms with Crippen molar-refractivity contribution in [3.8, 4) is 11.1 Å². The fourth-order valence-corrected chi connectivity index (χ4v) is 4.04. The van der Waals surface area contributed by atoms with Crippen LogP contribution in [-0.2, 0) is 4.74 Å². The van der Waals surface area contributed by atoms with E-state index >= 15 is 0 Å². The number of thiophene rings is 1. The van der Waals surface area contributed by atoms with Crippen molar-refractivity contribution in [1.29, 1.82) is 0 Å². The first-order chi connectivity index (χ1) is 12.1. The van der Waals surface area contributed by atoms with Gasteiger partial charge in [-0.05, 0) is 22.9 Å². The summed E-state index contributed by atoms with van der Waals surface area (Å²) in [4.78, 5) is 15.8. The number of nitrogens with zero attached hydrogens (tertiary/aromatic N) is 1. The Kier molecular flexibility index (Phi) is 6.24. The molecule has 1 aromatic carbocycles. The highest BCUT2D eigenvalue weighted by atomic mass is 32.1. The lowest BCUT2D eigenvalue weighted by atomic mass is 10.1. The third-order valence-corrected chi connectivity index (χ3v) is 5.21. The highest BCUT2D eigenvalue weighted by Crippen LogP contribution is 2.28. The quantitative estimate of drug-likeness (QED) is 0.859. The van der Waals surface area contributed by atoms with Crippen LogP contribution in [0.15, 0.2) is 41.8 Å². The van der Waals surface area contributed by atoms with Crippen LogP contribution in [0.5, 0.6) is 0 Å². The molecule has 0 spiro atoms. The van der Waals surface area contributed by atoms with Crippen LogP contribution in [0, 0.1) is 5.92 Å². The molecule has 1 aliphatic heterocycles. The van der Waals surface area contributed by atoms with Crippen LogP contribution >= 0.6 is 11.3 Å². The van der Waals surface area contributed by atoms with Gasteiger partial charge in [-0.3, -0.25) is 9.69 Å². The third-order valence-electron chi connectivity index (χ3n) is 4.29. The summed E-state index contributed by atoms with van der Waals surface area (Å²) in [5.74, 6) is 0.631. The fraction of sp³-hybridized carbons (Fsp3) is 0.450. The van der Waals surface area contributed by atoms with E-state index in [2.05, 4.69) is 24.1 Å². The summed E-state index contributed by atoms with van der Waals surface area (Å²) < 4.78 is 5.82. The molecular weight excluding hydrogens is 332 g/mol. The summed E-state index contributed by atoms with van der Waals surface area (Å²) in [6.45, 7) is 8.69. The summed E-state index contributed by atoms with van der Waals surface area (Å²) in [7, 11) is 0. The normalized spacial score (nSPS) is 18.4. The van der Waals surface area contributed by atoms with Crippen molar-refractivity contribution in [1.82, 2.24) is 10.2 Å². The molecule has 1 aromatic heterocycles. The predicted octanol–water partition coefficient (Wildman–Crippen LogP) is 3.50. The van der Waals surface area contributed by atoms with Gasteiger partial charge in [0.2, 0.25) is 0 Å². The zero-order valence-corrected chi connectivity index (χ0v) is 15.7. The second kappa shape index (κ2) is 8.61. The van der Waals surface area contributed by atoms with Crippen LogP contribution < -0.4 is 5.32 Å². The van der Waals surface area contributed by atoms with Gasteiger partial charge in [-0.2, -0.15) is 0 Å². The number of hydrogen-bond acceptors (Lipinski definition) is 4. The zero-order chi connectivity index (χ0) is 17.6. The van der Waals surface area contributed by atoms with Crippen molar-refractivity contribution in [2.24, 2.45) is 5.92 Å². The minimum absolute atomic E-state index is 0.0153. The minimum Gasteiger partial charge on any atom is -0.374 e. The van der Waals surface area contributed by atoms with E-state index in [1.54, 1.807) is 0 Å². The number of ether oxygens (including phenoxy) is 1. The van der Waals surface area contributed by atoms with E-state index in [4.69, 9.17) is 4.74 Å². The summed E-state index contributed by atoms with van der Waals surface area (Å²) in [6, 6.07) is 12.1. The molecular formula is C20H26N2O2S. The lowest BCUT2D eigenvalue weighted by molar-refractivity contribution is -0.0295. The van der Waals surface area contributed by atoms with Crippen molar-refractivity contribution in [3.63, 3.8) is 0 Å². The number of amides is 1. The van der Waals surface area contributed by atoms with Crippen molar-refractivity contribution >= 4 is 17.2 Å². The molecule has 134 valence electrons. The van der Waals surface area contributed by atoms with Gasteiger partial charge in [-0.1, -0.05) is 44.2 Å². The number of morpholine rings is 1. The van der Waals surface area contributed by atoms with Gasteiger partial charge in [0.15, 0.2) is 0 Å². The Morgan fingerprint density at radius 1 is 1.32 bits per heavy atom. The molecule has 0 unspecified atom stereocenters. The molecule has 25 heavy (non-hydrogen) atoms. The lowest BCUT2D eigenvalue weighted by Gasteiger charge is -2.33. The molecule has 1 atom stereocenters. The summed E-state index contributed by atoms with van der Waals surface area (Å²) in [5, 5.41) is 5.03. The van der Waals surface area contributed by atoms with Crippen LogP contribution in [0.2, 0.25) is 0 Å². The molecule has 1 fully saturated rings. The van der Waals surface area contributed by atoms with Gasteiger partial charge in [-0.15, -0.1) is 11.3 Å². The molecule has 0 saturated carbocycles. The van der Waals surface area contributed by atoms with E-state index in [0.29, 0.717) is 12.5 Å². The van der Waals surface area contributed by atoms with Gasteiger partial charge in [0.25, 0.3) is 5.91 Å². The molecule has 2 heterocycles. The second-order valence-corrected chi connectivity index (χ2v) is 7.80. The third kappa shape index (κ3) is 4.91. The van der Waals surface area contributed by atoms with Crippen LogP contribution in [0.25, 0.3) is 11.1 Å². The number of hydrogen-bond donors (Lipinski definition) is 1. The molecule has 1 N–H and O–H groups in total. The predicted molar refractivity (Wildman–Crippen MR) is 103 cm³/mol. The molecule has 4 nitrogen and oxygen atoms in total. The Bertz CT molecular complexity index is 684. The summed E-state index contributed by atoms with van der Waals surface area (Å²) in [5.41, 5.74) is 2.07. The Morgan fingerprint density at radius 3 is 2.88 bits per heavy atom. The van der Waals surface area contributed by atoms with Crippen molar-refractivity contribution in [3.05, 3.63) is 46.7 Å². The van der Waals surface area contributed by atoms with Gasteiger partial charge < -0.3 is 10.1 Å². The van der Waals surface area contributed by atoms with E-state index in [1.165, 1.54) is 11.3 Å². The number of carbonyl (C=O) groups excluding carboxylic acids is 1. The largest absolute Gasteiger partial charge is 0.374 e. The van der Waals surface area contributed by atoms with Crippen LogP contribution in [0.4, 0.5) is 0 Å². The topological polar surface area (TPSA) is 41.6 Å². The molecule has 2 aromatic rings. The van der Waals surface area contributed by atoms with Gasteiger partial charge in [0.05, 0.1) is 17.6 Å². The zero-order valence-electron chi connectivity index (χ0n) is 14.9. The van der Waals surface area contributed by atoms with Crippen molar-refractivity contribution in [2.75, 3.05) is 32.8 Å². The minimum atomic E-state index is -0.0153. The molecule has 5 heteroatoms. The number of nitrogens with one attached hydrogen (secondary N) is 1. The standard InChI is InChI=1S/C20H26N2O2S/c1-15(2)13-22-9-10-24-17(14-22)12-21-20(23)19-18(8-11-25-19)16-6-4-3-5-7-16/h3-8,11,15,17H,9-10,12-14H2,1-2H3,(H,21,23)/t17-/m0/s1. The second-order valence-electron chi connectivity index (χ2n) is 6.89. The molecule has 1 aliphatic rings. The molecule has 0 aliphatic carbocycles. The first-order valence-electron chi connectivity index (χ1n) is 8.88. The average molecular weight is 359 g/mol. The highest BCUT2D eigenvalue weighted by Gasteiger charge is 2.22. The number of rotatable bonds is 6. The fourth-order valence-electron chi connectivity index (χ4n) is 3.20. The monoisotopic (exact) mass is 358 g/mol. The first kappa shape index (κ1) is 18.1.